The minimum atomic E-state index is -1.27. The maximum absolute atomic E-state index is 14.3. The van der Waals surface area contributed by atoms with Crippen LogP contribution in [-0.4, -0.2) is 14.1 Å². The molecule has 0 spiro atoms. The smallest absolute Gasteiger partial charge is 0.128 e. The van der Waals surface area contributed by atoms with Gasteiger partial charge >= 0.3 is 0 Å². The molecule has 0 aliphatic heterocycles. The second-order valence-electron chi connectivity index (χ2n) is 6.29. The molecule has 3 nitrogen and oxygen atoms in total. The number of aliphatic hydroxyl groups is 1. The molecule has 1 unspecified atom stereocenters. The van der Waals surface area contributed by atoms with Gasteiger partial charge in [-0.05, 0) is 44.5 Å². The first-order valence-corrected chi connectivity index (χ1v) is 9.59. The van der Waals surface area contributed by atoms with Crippen LogP contribution in [0.2, 0.25) is 0 Å². The predicted octanol–water partition coefficient (Wildman–Crippen LogP) is 4.02. The van der Waals surface area contributed by atoms with Gasteiger partial charge in [-0.1, -0.05) is 36.0 Å². The summed E-state index contributed by atoms with van der Waals surface area (Å²) in [6.45, 7) is 5.71. The topological polar surface area (TPSA) is 49.3 Å². The lowest BCUT2D eigenvalue weighted by atomic mass is 10.2. The molecule has 0 bridgehead atoms. The van der Waals surface area contributed by atoms with E-state index in [0.717, 1.165) is 15.4 Å². The van der Waals surface area contributed by atoms with Gasteiger partial charge in [0.05, 0.1) is 22.3 Å². The lowest BCUT2D eigenvalue weighted by Gasteiger charge is -2.19. The molecule has 0 fully saturated rings. The van der Waals surface area contributed by atoms with E-state index in [1.54, 1.807) is 6.07 Å². The summed E-state index contributed by atoms with van der Waals surface area (Å²) in [4.78, 5) is 1.62. The molecule has 0 heterocycles. The highest BCUT2D eigenvalue weighted by atomic mass is 32.2. The first-order chi connectivity index (χ1) is 11.3. The van der Waals surface area contributed by atoms with E-state index in [9.17, 15) is 13.7 Å². The lowest BCUT2D eigenvalue weighted by Crippen LogP contribution is -2.33. The number of hydrogen-bond acceptors (Lipinski definition) is 3. The van der Waals surface area contributed by atoms with Gasteiger partial charge in [0.2, 0.25) is 0 Å². The Kier molecular flexibility index (Phi) is 6.57. The Hall–Kier alpha value is -1.21. The molecule has 24 heavy (non-hydrogen) atoms. The third-order valence-electron chi connectivity index (χ3n) is 3.37. The van der Waals surface area contributed by atoms with Gasteiger partial charge in [-0.3, -0.25) is 0 Å². The predicted molar refractivity (Wildman–Crippen MR) is 97.6 cm³/mol. The minimum absolute atomic E-state index is 0.0693. The van der Waals surface area contributed by atoms with Crippen LogP contribution in [0.15, 0.2) is 52.3 Å². The van der Waals surface area contributed by atoms with E-state index in [0.29, 0.717) is 5.56 Å². The lowest BCUT2D eigenvalue weighted by molar-refractivity contribution is 0.279. The molecule has 0 aliphatic rings. The van der Waals surface area contributed by atoms with E-state index in [2.05, 4.69) is 4.72 Å². The van der Waals surface area contributed by atoms with Crippen LogP contribution in [0.1, 0.15) is 31.9 Å². The van der Waals surface area contributed by atoms with Crippen LogP contribution in [0, 0.1) is 5.82 Å². The van der Waals surface area contributed by atoms with Crippen molar-refractivity contribution < 1.29 is 13.7 Å². The van der Waals surface area contributed by atoms with Crippen molar-refractivity contribution in [3.63, 3.8) is 0 Å². The Morgan fingerprint density at radius 3 is 2.46 bits per heavy atom. The third-order valence-corrected chi connectivity index (χ3v) is 6.11. The molecule has 0 amide bonds. The molecule has 0 aromatic heterocycles. The minimum Gasteiger partial charge on any atom is -0.392 e. The molecule has 1 atom stereocenters. The molecule has 0 aliphatic carbocycles. The van der Waals surface area contributed by atoms with Crippen molar-refractivity contribution in [2.45, 2.75) is 48.5 Å². The van der Waals surface area contributed by atoms with Crippen molar-refractivity contribution in [2.24, 2.45) is 0 Å². The van der Waals surface area contributed by atoms with Gasteiger partial charge in [-0.2, -0.15) is 0 Å². The van der Waals surface area contributed by atoms with Crippen molar-refractivity contribution in [2.75, 3.05) is 0 Å². The molecule has 2 rings (SSSR count). The van der Waals surface area contributed by atoms with E-state index >= 15 is 0 Å². The second-order valence-corrected chi connectivity index (χ2v) is 9.42. The fourth-order valence-corrected chi connectivity index (χ4v) is 3.81. The molecule has 130 valence electrons. The zero-order valence-electron chi connectivity index (χ0n) is 14.0. The van der Waals surface area contributed by atoms with Crippen molar-refractivity contribution in [3.8, 4) is 0 Å². The van der Waals surface area contributed by atoms with Crippen LogP contribution in [0.4, 0.5) is 4.39 Å². The van der Waals surface area contributed by atoms with Crippen LogP contribution >= 0.6 is 11.8 Å². The molecule has 0 saturated carbocycles. The molecule has 2 aromatic rings. The summed E-state index contributed by atoms with van der Waals surface area (Å²) in [5, 5.41) is 9.45. The Balaban J connectivity index is 2.25. The largest absolute Gasteiger partial charge is 0.392 e. The van der Waals surface area contributed by atoms with Gasteiger partial charge in [-0.25, -0.2) is 13.3 Å². The highest BCUT2D eigenvalue weighted by molar-refractivity contribution is 7.99. The van der Waals surface area contributed by atoms with Crippen LogP contribution in [0.5, 0.6) is 0 Å². The van der Waals surface area contributed by atoms with Gasteiger partial charge in [0.15, 0.2) is 0 Å². The number of aliphatic hydroxyl groups excluding tert-OH is 1. The second kappa shape index (κ2) is 8.25. The molecular weight excluding hydrogens is 345 g/mol. The van der Waals surface area contributed by atoms with E-state index in [4.69, 9.17) is 0 Å². The first kappa shape index (κ1) is 19.1. The number of hydrogen-bond donors (Lipinski definition) is 2. The number of nitrogens with one attached hydrogen (secondary N) is 1. The zero-order chi connectivity index (χ0) is 17.7. The quantitative estimate of drug-likeness (QED) is 0.811. The van der Waals surface area contributed by atoms with E-state index < -0.39 is 15.7 Å². The Morgan fingerprint density at radius 1 is 1.12 bits per heavy atom. The number of halogens is 1. The van der Waals surface area contributed by atoms with Crippen LogP contribution in [0.25, 0.3) is 0 Å². The maximum Gasteiger partial charge on any atom is 0.128 e. The van der Waals surface area contributed by atoms with Gasteiger partial charge < -0.3 is 5.11 Å². The van der Waals surface area contributed by atoms with E-state index in [-0.39, 0.29) is 19.0 Å². The standard InChI is InChI=1S/C18H22FNO2S2/c1-18(2,3)24(22)20-11-14-15(19)8-6-10-17(14)23-16-9-5-4-7-13(16)12-21/h4-10,20-21H,11-12H2,1-3H3. The highest BCUT2D eigenvalue weighted by Crippen LogP contribution is 2.34. The molecule has 0 radical (unpaired) electrons. The normalized spacial score (nSPS) is 13.0. The Morgan fingerprint density at radius 2 is 1.79 bits per heavy atom. The molecule has 0 saturated heterocycles. The zero-order valence-corrected chi connectivity index (χ0v) is 15.6. The molecular formula is C18H22FNO2S2. The van der Waals surface area contributed by atoms with E-state index in [1.807, 2.05) is 51.1 Å². The summed E-state index contributed by atoms with van der Waals surface area (Å²) in [5.41, 5.74) is 1.27. The average molecular weight is 368 g/mol. The van der Waals surface area contributed by atoms with Gasteiger partial charge in [-0.15, -0.1) is 0 Å². The maximum atomic E-state index is 14.3. The Labute approximate surface area is 149 Å². The molecule has 6 heteroatoms. The summed E-state index contributed by atoms with van der Waals surface area (Å²) < 4.78 is 28.9. The monoisotopic (exact) mass is 367 g/mol. The third kappa shape index (κ3) is 4.89. The van der Waals surface area contributed by atoms with E-state index in [1.165, 1.54) is 17.8 Å². The fraction of sp³-hybridized carbons (Fsp3) is 0.333. The van der Waals surface area contributed by atoms with Crippen molar-refractivity contribution in [3.05, 3.63) is 59.4 Å². The number of benzene rings is 2. The fourth-order valence-electron chi connectivity index (χ4n) is 2.01. The first-order valence-electron chi connectivity index (χ1n) is 7.62. The van der Waals surface area contributed by atoms with Gasteiger partial charge in [0, 0.05) is 21.9 Å². The SMILES string of the molecule is CC(C)(C)S(=O)NCc1c(F)cccc1Sc1ccccc1CO. The van der Waals surface area contributed by atoms with Crippen molar-refractivity contribution >= 4 is 22.7 Å². The molecule has 2 N–H and O–H groups in total. The highest BCUT2D eigenvalue weighted by Gasteiger charge is 2.20. The van der Waals surface area contributed by atoms with Crippen LogP contribution < -0.4 is 4.72 Å². The summed E-state index contributed by atoms with van der Waals surface area (Å²) in [6, 6.07) is 12.4. The van der Waals surface area contributed by atoms with Gasteiger partial charge in [0.1, 0.15) is 5.82 Å². The summed E-state index contributed by atoms with van der Waals surface area (Å²) in [5.74, 6) is -0.333. The molecule has 2 aromatic carbocycles. The van der Waals surface area contributed by atoms with Crippen LogP contribution in [0.3, 0.4) is 0 Å². The van der Waals surface area contributed by atoms with Crippen LogP contribution in [-0.2, 0) is 24.1 Å². The van der Waals surface area contributed by atoms with Crippen molar-refractivity contribution in [1.82, 2.24) is 4.72 Å². The summed E-state index contributed by atoms with van der Waals surface area (Å²) in [6.07, 6.45) is 0. The summed E-state index contributed by atoms with van der Waals surface area (Å²) in [7, 11) is -1.27. The van der Waals surface area contributed by atoms with Crippen molar-refractivity contribution in [1.29, 1.82) is 0 Å². The Bertz CT molecular complexity index is 729. The summed E-state index contributed by atoms with van der Waals surface area (Å²) >= 11 is 1.40. The average Bonchev–Trinajstić information content (AvgIpc) is 2.53. The van der Waals surface area contributed by atoms with Gasteiger partial charge in [0.25, 0.3) is 0 Å². The number of rotatable bonds is 6.